The predicted octanol–water partition coefficient (Wildman–Crippen LogP) is 3.09. The van der Waals surface area contributed by atoms with Gasteiger partial charge < -0.3 is 15.4 Å². The van der Waals surface area contributed by atoms with Gasteiger partial charge in [0, 0.05) is 19.1 Å². The molecule has 1 aliphatic heterocycles. The third kappa shape index (κ3) is 4.60. The first-order valence-corrected chi connectivity index (χ1v) is 8.47. The van der Waals surface area contributed by atoms with E-state index in [1.807, 2.05) is 12.1 Å². The smallest absolute Gasteiger partial charge is 0.137 e. The fraction of sp³-hybridized carbons (Fsp3) is 0.647. The molecular weight excluding hydrogens is 284 g/mol. The molecule has 0 unspecified atom stereocenters. The summed E-state index contributed by atoms with van der Waals surface area (Å²) in [5.74, 6) is 1.58. The topological polar surface area (TPSA) is 38.5 Å². The summed E-state index contributed by atoms with van der Waals surface area (Å²) in [6.07, 6.45) is 6.00. The van der Waals surface area contributed by atoms with Crippen molar-refractivity contribution in [2.45, 2.75) is 38.1 Å². The van der Waals surface area contributed by atoms with Gasteiger partial charge in [-0.3, -0.25) is 0 Å². The summed E-state index contributed by atoms with van der Waals surface area (Å²) in [6, 6.07) is 6.55. The molecule has 21 heavy (non-hydrogen) atoms. The van der Waals surface area contributed by atoms with Crippen molar-refractivity contribution in [2.24, 2.45) is 11.7 Å². The number of hydrogen-bond acceptors (Lipinski definition) is 3. The van der Waals surface area contributed by atoms with Crippen LogP contribution in [-0.4, -0.2) is 37.2 Å². The lowest BCUT2D eigenvalue weighted by Crippen LogP contribution is -2.43. The summed E-state index contributed by atoms with van der Waals surface area (Å²) >= 11 is 6.32. The number of nitrogens with zero attached hydrogens (tertiary/aromatic N) is 1. The predicted molar refractivity (Wildman–Crippen MR) is 87.0 cm³/mol. The van der Waals surface area contributed by atoms with Crippen LogP contribution in [0.25, 0.3) is 0 Å². The third-order valence-electron chi connectivity index (χ3n) is 4.43. The van der Waals surface area contributed by atoms with Crippen LogP contribution < -0.4 is 10.5 Å². The minimum Gasteiger partial charge on any atom is -0.492 e. The molecule has 1 saturated carbocycles. The maximum atomic E-state index is 6.32. The molecule has 1 saturated heterocycles. The van der Waals surface area contributed by atoms with Crippen molar-refractivity contribution in [1.82, 2.24) is 4.90 Å². The molecule has 1 aromatic carbocycles. The number of benzene rings is 1. The second kappa shape index (κ2) is 6.99. The van der Waals surface area contributed by atoms with Crippen molar-refractivity contribution in [3.8, 4) is 5.75 Å². The minimum atomic E-state index is 0.348. The van der Waals surface area contributed by atoms with Crippen molar-refractivity contribution in [3.63, 3.8) is 0 Å². The molecular formula is C17H25ClN2O. The molecule has 1 aromatic rings. The van der Waals surface area contributed by atoms with Gasteiger partial charge in [-0.25, -0.2) is 0 Å². The van der Waals surface area contributed by atoms with Gasteiger partial charge in [-0.15, -0.1) is 0 Å². The maximum Gasteiger partial charge on any atom is 0.137 e. The molecule has 0 spiro atoms. The second-order valence-electron chi connectivity index (χ2n) is 6.47. The highest BCUT2D eigenvalue weighted by molar-refractivity contribution is 6.32. The van der Waals surface area contributed by atoms with Gasteiger partial charge in [0.15, 0.2) is 0 Å². The van der Waals surface area contributed by atoms with Crippen molar-refractivity contribution < 1.29 is 4.74 Å². The molecule has 0 bridgehead atoms. The van der Waals surface area contributed by atoms with Crippen molar-refractivity contribution >= 4 is 11.6 Å². The summed E-state index contributed by atoms with van der Waals surface area (Å²) < 4.78 is 5.77. The van der Waals surface area contributed by atoms with E-state index in [0.29, 0.717) is 6.04 Å². The summed E-state index contributed by atoms with van der Waals surface area (Å²) in [6.45, 7) is 4.07. The Kier molecular flexibility index (Phi) is 5.04. The van der Waals surface area contributed by atoms with Crippen molar-refractivity contribution in [1.29, 1.82) is 0 Å². The van der Waals surface area contributed by atoms with Gasteiger partial charge in [-0.1, -0.05) is 17.7 Å². The first-order valence-electron chi connectivity index (χ1n) is 8.10. The van der Waals surface area contributed by atoms with Crippen LogP contribution in [-0.2, 0) is 6.42 Å². The lowest BCUT2D eigenvalue weighted by Gasteiger charge is -2.30. The third-order valence-corrected chi connectivity index (χ3v) is 4.72. The van der Waals surface area contributed by atoms with Gasteiger partial charge in [0.2, 0.25) is 0 Å². The lowest BCUT2D eigenvalue weighted by atomic mass is 10.1. The first-order chi connectivity index (χ1) is 10.2. The summed E-state index contributed by atoms with van der Waals surface area (Å²) in [5.41, 5.74) is 7.30. The maximum absolute atomic E-state index is 6.32. The van der Waals surface area contributed by atoms with E-state index in [1.54, 1.807) is 0 Å². The highest BCUT2D eigenvalue weighted by atomic mass is 35.5. The number of halogens is 1. The van der Waals surface area contributed by atoms with Gasteiger partial charge in [-0.05, 0) is 62.3 Å². The Morgan fingerprint density at radius 3 is 2.86 bits per heavy atom. The van der Waals surface area contributed by atoms with E-state index in [-0.39, 0.29) is 0 Å². The van der Waals surface area contributed by atoms with E-state index >= 15 is 0 Å². The van der Waals surface area contributed by atoms with Crippen LogP contribution in [0.1, 0.15) is 31.2 Å². The average molecular weight is 309 g/mol. The molecule has 0 radical (unpaired) electrons. The molecule has 3 rings (SSSR count). The molecule has 0 amide bonds. The fourth-order valence-corrected chi connectivity index (χ4v) is 3.15. The first kappa shape index (κ1) is 15.1. The van der Waals surface area contributed by atoms with Crippen molar-refractivity contribution in [3.05, 3.63) is 28.8 Å². The number of hydrogen-bond donors (Lipinski definition) is 1. The number of likely N-dealkylation sites (tertiary alicyclic amines) is 1. The van der Waals surface area contributed by atoms with Gasteiger partial charge >= 0.3 is 0 Å². The molecule has 2 aliphatic rings. The fourth-order valence-electron chi connectivity index (χ4n) is 2.89. The Bertz CT molecular complexity index is 476. The summed E-state index contributed by atoms with van der Waals surface area (Å²) in [4.78, 5) is 2.46. The van der Waals surface area contributed by atoms with Gasteiger partial charge in [0.05, 0.1) is 11.6 Å². The van der Waals surface area contributed by atoms with E-state index in [2.05, 4.69) is 11.0 Å². The van der Waals surface area contributed by atoms with E-state index < -0.39 is 0 Å². The Labute approximate surface area is 132 Å². The Morgan fingerprint density at radius 1 is 1.29 bits per heavy atom. The monoisotopic (exact) mass is 308 g/mol. The van der Waals surface area contributed by atoms with E-state index in [4.69, 9.17) is 22.1 Å². The van der Waals surface area contributed by atoms with Crippen LogP contribution in [0.3, 0.4) is 0 Å². The highest BCUT2D eigenvalue weighted by Crippen LogP contribution is 2.32. The highest BCUT2D eigenvalue weighted by Gasteiger charge is 2.22. The Hall–Kier alpha value is -0.770. The number of nitrogens with two attached hydrogens (primary N) is 1. The molecule has 1 atom stereocenters. The van der Waals surface area contributed by atoms with Crippen molar-refractivity contribution in [2.75, 3.05) is 26.2 Å². The van der Waals surface area contributed by atoms with Crippen LogP contribution in [0, 0.1) is 5.92 Å². The van der Waals surface area contributed by atoms with Gasteiger partial charge in [-0.2, -0.15) is 0 Å². The van der Waals surface area contributed by atoms with Gasteiger partial charge in [0.1, 0.15) is 5.75 Å². The summed E-state index contributed by atoms with van der Waals surface area (Å²) in [7, 11) is 0. The number of rotatable bonds is 6. The Morgan fingerprint density at radius 2 is 2.14 bits per heavy atom. The van der Waals surface area contributed by atoms with Crippen LogP contribution in [0.4, 0.5) is 0 Å². The molecule has 2 fully saturated rings. The molecule has 116 valence electrons. The van der Waals surface area contributed by atoms with Crippen LogP contribution in [0.5, 0.6) is 5.75 Å². The van der Waals surface area contributed by atoms with E-state index in [9.17, 15) is 0 Å². The summed E-state index contributed by atoms with van der Waals surface area (Å²) in [5, 5.41) is 0.739. The molecule has 0 aromatic heterocycles. The molecule has 3 nitrogen and oxygen atoms in total. The zero-order valence-corrected chi connectivity index (χ0v) is 13.3. The molecule has 1 heterocycles. The lowest BCUT2D eigenvalue weighted by molar-refractivity contribution is 0.211. The minimum absolute atomic E-state index is 0.348. The number of ether oxygens (including phenoxy) is 1. The standard InChI is InChI=1S/C17H25ClN2O/c18-16-10-13(5-6-17(16)21-12-14-3-4-14)7-9-20-8-1-2-15(19)11-20/h5-6,10,14-15H,1-4,7-9,11-12,19H2/t15-/m0/s1. The zero-order valence-electron chi connectivity index (χ0n) is 12.6. The van der Waals surface area contributed by atoms with Crippen LogP contribution in [0.2, 0.25) is 5.02 Å². The quantitative estimate of drug-likeness (QED) is 0.877. The number of piperidine rings is 1. The van der Waals surface area contributed by atoms with Gasteiger partial charge in [0.25, 0.3) is 0 Å². The molecule has 1 aliphatic carbocycles. The Balaban J connectivity index is 1.49. The van der Waals surface area contributed by atoms with E-state index in [0.717, 1.165) is 49.2 Å². The molecule has 4 heteroatoms. The largest absolute Gasteiger partial charge is 0.492 e. The second-order valence-corrected chi connectivity index (χ2v) is 6.88. The van der Waals surface area contributed by atoms with Crippen LogP contribution in [0.15, 0.2) is 18.2 Å². The average Bonchev–Trinajstić information content (AvgIpc) is 3.28. The van der Waals surface area contributed by atoms with Crippen LogP contribution >= 0.6 is 11.6 Å². The van der Waals surface area contributed by atoms with E-state index in [1.165, 1.54) is 31.4 Å². The SMILES string of the molecule is N[C@H]1CCCN(CCc2ccc(OCC3CC3)c(Cl)c2)C1. The zero-order chi connectivity index (χ0) is 14.7. The molecule has 2 N–H and O–H groups in total. The normalized spacial score (nSPS) is 23.2.